The zero-order valence-electron chi connectivity index (χ0n) is 9.63. The summed E-state index contributed by atoms with van der Waals surface area (Å²) in [5.74, 6) is -0.900. The Labute approximate surface area is 109 Å². The first-order valence-electron chi connectivity index (χ1n) is 5.45. The lowest BCUT2D eigenvalue weighted by atomic mass is 10.2. The summed E-state index contributed by atoms with van der Waals surface area (Å²) >= 11 is 1.40. The number of hydrogen-bond acceptors (Lipinski definition) is 4. The normalized spacial score (nSPS) is 10.4. The number of carboxylic acid groups (broad SMARTS) is 1. The van der Waals surface area contributed by atoms with Crippen molar-refractivity contribution >= 4 is 17.3 Å². The van der Waals surface area contributed by atoms with Gasteiger partial charge in [-0.2, -0.15) is 5.48 Å². The van der Waals surface area contributed by atoms with E-state index >= 15 is 0 Å². The number of aromatic carboxylic acids is 1. The molecule has 0 spiro atoms. The first kappa shape index (κ1) is 12.8. The van der Waals surface area contributed by atoms with Gasteiger partial charge < -0.3 is 5.11 Å². The monoisotopic (exact) mass is 263 g/mol. The highest BCUT2D eigenvalue weighted by molar-refractivity contribution is 7.10. The van der Waals surface area contributed by atoms with Crippen LogP contribution in [0, 0.1) is 0 Å². The number of hydroxylamine groups is 1. The predicted molar refractivity (Wildman–Crippen MR) is 69.3 cm³/mol. The molecule has 2 rings (SSSR count). The van der Waals surface area contributed by atoms with Crippen LogP contribution in [-0.4, -0.2) is 11.1 Å². The summed E-state index contributed by atoms with van der Waals surface area (Å²) in [6, 6.07) is 11.5. The Morgan fingerprint density at radius 2 is 2.11 bits per heavy atom. The van der Waals surface area contributed by atoms with Crippen LogP contribution in [0.3, 0.4) is 0 Å². The highest BCUT2D eigenvalue weighted by atomic mass is 32.1. The fourth-order valence-corrected chi connectivity index (χ4v) is 2.20. The van der Waals surface area contributed by atoms with E-state index in [4.69, 9.17) is 9.94 Å². The number of rotatable bonds is 6. The van der Waals surface area contributed by atoms with Gasteiger partial charge in [0.05, 0.1) is 18.7 Å². The first-order valence-corrected chi connectivity index (χ1v) is 6.33. The van der Waals surface area contributed by atoms with Gasteiger partial charge in [0.1, 0.15) is 0 Å². The van der Waals surface area contributed by atoms with Gasteiger partial charge in [0, 0.05) is 10.3 Å². The van der Waals surface area contributed by atoms with Crippen LogP contribution in [0.2, 0.25) is 0 Å². The summed E-state index contributed by atoms with van der Waals surface area (Å²) in [6.45, 7) is 0.989. The maximum Gasteiger partial charge on any atom is 0.336 e. The summed E-state index contributed by atoms with van der Waals surface area (Å²) in [5, 5.41) is 10.4. The summed E-state index contributed by atoms with van der Waals surface area (Å²) in [4.78, 5) is 16.9. The standard InChI is InChI=1S/C13H13NO3S/c15-13(16)11-6-12(18-9-11)7-14-17-8-10-4-2-1-3-5-10/h1-6,9,14H,7-8H2,(H,15,16). The van der Waals surface area contributed by atoms with Crippen molar-refractivity contribution in [3.63, 3.8) is 0 Å². The molecule has 1 aromatic carbocycles. The molecule has 0 radical (unpaired) electrons. The van der Waals surface area contributed by atoms with Crippen LogP contribution in [0.4, 0.5) is 0 Å². The topological polar surface area (TPSA) is 58.6 Å². The van der Waals surface area contributed by atoms with Gasteiger partial charge in [-0.1, -0.05) is 30.3 Å². The van der Waals surface area contributed by atoms with Gasteiger partial charge in [0.2, 0.25) is 0 Å². The minimum absolute atomic E-state index is 0.319. The van der Waals surface area contributed by atoms with Crippen molar-refractivity contribution in [3.05, 3.63) is 57.8 Å². The molecule has 0 fully saturated rings. The Hall–Kier alpha value is -1.69. The molecule has 4 nitrogen and oxygen atoms in total. The van der Waals surface area contributed by atoms with Crippen LogP contribution in [0.15, 0.2) is 41.8 Å². The minimum atomic E-state index is -0.900. The van der Waals surface area contributed by atoms with E-state index in [9.17, 15) is 4.79 Å². The van der Waals surface area contributed by atoms with Gasteiger partial charge in [0.25, 0.3) is 0 Å². The SMILES string of the molecule is O=C(O)c1csc(CNOCc2ccccc2)c1. The molecule has 2 aromatic rings. The average molecular weight is 263 g/mol. The van der Waals surface area contributed by atoms with Crippen molar-refractivity contribution in [2.75, 3.05) is 0 Å². The van der Waals surface area contributed by atoms with E-state index in [1.165, 1.54) is 11.3 Å². The number of nitrogens with one attached hydrogen (secondary N) is 1. The third-order valence-corrected chi connectivity index (χ3v) is 3.27. The molecule has 0 saturated carbocycles. The third-order valence-electron chi connectivity index (χ3n) is 2.33. The Morgan fingerprint density at radius 3 is 2.78 bits per heavy atom. The molecule has 0 aliphatic rings. The minimum Gasteiger partial charge on any atom is -0.478 e. The van der Waals surface area contributed by atoms with E-state index in [1.807, 2.05) is 30.3 Å². The van der Waals surface area contributed by atoms with Crippen molar-refractivity contribution in [2.45, 2.75) is 13.2 Å². The molecule has 1 aromatic heterocycles. The largest absolute Gasteiger partial charge is 0.478 e. The van der Waals surface area contributed by atoms with Crippen LogP contribution >= 0.6 is 11.3 Å². The molecular formula is C13H13NO3S. The van der Waals surface area contributed by atoms with E-state index in [1.54, 1.807) is 11.4 Å². The second-order valence-corrected chi connectivity index (χ2v) is 4.70. The van der Waals surface area contributed by atoms with Gasteiger partial charge in [0.15, 0.2) is 0 Å². The van der Waals surface area contributed by atoms with Crippen molar-refractivity contribution in [2.24, 2.45) is 0 Å². The van der Waals surface area contributed by atoms with Gasteiger partial charge in [-0.05, 0) is 11.6 Å². The quantitative estimate of drug-likeness (QED) is 0.621. The highest BCUT2D eigenvalue weighted by Gasteiger charge is 2.05. The molecule has 0 aliphatic heterocycles. The highest BCUT2D eigenvalue weighted by Crippen LogP contribution is 2.14. The van der Waals surface area contributed by atoms with E-state index in [0.717, 1.165) is 10.4 Å². The molecule has 0 bridgehead atoms. The fourth-order valence-electron chi connectivity index (χ4n) is 1.42. The number of hydrogen-bond donors (Lipinski definition) is 2. The molecule has 0 unspecified atom stereocenters. The van der Waals surface area contributed by atoms with Gasteiger partial charge in [-0.3, -0.25) is 4.84 Å². The lowest BCUT2D eigenvalue weighted by Gasteiger charge is -2.04. The number of carboxylic acids is 1. The molecule has 5 heteroatoms. The van der Waals surface area contributed by atoms with Crippen molar-refractivity contribution < 1.29 is 14.7 Å². The first-order chi connectivity index (χ1) is 8.75. The molecule has 0 atom stereocenters. The summed E-state index contributed by atoms with van der Waals surface area (Å²) < 4.78 is 0. The van der Waals surface area contributed by atoms with Crippen molar-refractivity contribution in [1.82, 2.24) is 5.48 Å². The molecule has 18 heavy (non-hydrogen) atoms. The van der Waals surface area contributed by atoms with Gasteiger partial charge in [-0.15, -0.1) is 11.3 Å². The fraction of sp³-hybridized carbons (Fsp3) is 0.154. The molecule has 2 N–H and O–H groups in total. The van der Waals surface area contributed by atoms with Crippen LogP contribution in [-0.2, 0) is 18.0 Å². The average Bonchev–Trinajstić information content (AvgIpc) is 2.85. The Bertz CT molecular complexity index is 510. The molecule has 0 aliphatic carbocycles. The zero-order valence-corrected chi connectivity index (χ0v) is 10.4. The lowest BCUT2D eigenvalue weighted by molar-refractivity contribution is 0.0240. The number of carbonyl (C=O) groups is 1. The van der Waals surface area contributed by atoms with Gasteiger partial charge >= 0.3 is 5.97 Å². The summed E-state index contributed by atoms with van der Waals surface area (Å²) in [5.41, 5.74) is 4.22. The Balaban J connectivity index is 1.73. The smallest absolute Gasteiger partial charge is 0.336 e. The predicted octanol–water partition coefficient (Wildman–Crippen LogP) is 2.67. The zero-order chi connectivity index (χ0) is 12.8. The maximum absolute atomic E-state index is 10.7. The lowest BCUT2D eigenvalue weighted by Crippen LogP contribution is -2.13. The Morgan fingerprint density at radius 1 is 1.33 bits per heavy atom. The van der Waals surface area contributed by atoms with Crippen LogP contribution in [0.25, 0.3) is 0 Å². The summed E-state index contributed by atoms with van der Waals surface area (Å²) in [7, 11) is 0. The van der Waals surface area contributed by atoms with Crippen molar-refractivity contribution in [3.8, 4) is 0 Å². The van der Waals surface area contributed by atoms with Crippen LogP contribution < -0.4 is 5.48 Å². The van der Waals surface area contributed by atoms with Crippen molar-refractivity contribution in [1.29, 1.82) is 0 Å². The second-order valence-electron chi connectivity index (χ2n) is 3.70. The van der Waals surface area contributed by atoms with E-state index in [0.29, 0.717) is 18.7 Å². The van der Waals surface area contributed by atoms with Crippen LogP contribution in [0.1, 0.15) is 20.8 Å². The summed E-state index contributed by atoms with van der Waals surface area (Å²) in [6.07, 6.45) is 0. The molecular weight excluding hydrogens is 250 g/mol. The molecule has 94 valence electrons. The number of thiophene rings is 1. The van der Waals surface area contributed by atoms with E-state index < -0.39 is 5.97 Å². The Kier molecular flexibility index (Phi) is 4.46. The molecule has 0 amide bonds. The van der Waals surface area contributed by atoms with Gasteiger partial charge in [-0.25, -0.2) is 4.79 Å². The van der Waals surface area contributed by atoms with E-state index in [-0.39, 0.29) is 0 Å². The number of benzene rings is 1. The molecule has 0 saturated heterocycles. The second kappa shape index (κ2) is 6.30. The third kappa shape index (κ3) is 3.66. The van der Waals surface area contributed by atoms with Crippen LogP contribution in [0.5, 0.6) is 0 Å². The molecule has 1 heterocycles. The maximum atomic E-state index is 10.7. The van der Waals surface area contributed by atoms with E-state index in [2.05, 4.69) is 5.48 Å².